The van der Waals surface area contributed by atoms with Crippen LogP contribution in [0.15, 0.2) is 0 Å². The van der Waals surface area contributed by atoms with Crippen LogP contribution in [-0.4, -0.2) is 34.1 Å². The molecule has 2 N–H and O–H groups in total. The normalized spacial score (nSPS) is 52.1. The number of hydrogen-bond acceptors (Lipinski definition) is 3. The molecule has 2 saturated heterocycles. The van der Waals surface area contributed by atoms with E-state index in [-0.39, 0.29) is 24.2 Å². The SMILES string of the molecule is OC[C@@H]1CC[C@@]2(O)CCCC[C@]23CC[C@@H]1O3. The Hall–Kier alpha value is -0.120. The van der Waals surface area contributed by atoms with Crippen LogP contribution in [0.2, 0.25) is 0 Å². The van der Waals surface area contributed by atoms with Gasteiger partial charge < -0.3 is 14.9 Å². The van der Waals surface area contributed by atoms with E-state index >= 15 is 0 Å². The van der Waals surface area contributed by atoms with Gasteiger partial charge in [-0.15, -0.1) is 0 Å². The standard InChI is InChI=1S/C13H22O3/c14-9-10-3-7-12(15)5-1-2-6-13(12)8-4-11(10)16-13/h10-11,14-15H,1-9H2/t10-,11-,12-,13-/m0/s1. The van der Waals surface area contributed by atoms with Crippen LogP contribution in [0.3, 0.4) is 0 Å². The van der Waals surface area contributed by atoms with Crippen LogP contribution in [0.1, 0.15) is 51.4 Å². The second-order valence-corrected chi connectivity index (χ2v) is 5.91. The van der Waals surface area contributed by atoms with Crippen molar-refractivity contribution in [1.82, 2.24) is 0 Å². The van der Waals surface area contributed by atoms with Gasteiger partial charge in [-0.2, -0.15) is 0 Å². The number of hydrogen-bond donors (Lipinski definition) is 2. The molecule has 0 aromatic heterocycles. The molecule has 4 atom stereocenters. The highest BCUT2D eigenvalue weighted by Crippen LogP contribution is 2.54. The number of rotatable bonds is 1. The van der Waals surface area contributed by atoms with Crippen LogP contribution in [0.4, 0.5) is 0 Å². The molecule has 3 fully saturated rings. The van der Waals surface area contributed by atoms with E-state index in [1.165, 1.54) is 6.42 Å². The summed E-state index contributed by atoms with van der Waals surface area (Å²) in [7, 11) is 0. The van der Waals surface area contributed by atoms with E-state index in [1.807, 2.05) is 0 Å². The first-order valence-electron chi connectivity index (χ1n) is 6.70. The van der Waals surface area contributed by atoms with Gasteiger partial charge in [-0.25, -0.2) is 0 Å². The smallest absolute Gasteiger partial charge is 0.0972 e. The molecule has 0 aromatic carbocycles. The highest BCUT2D eigenvalue weighted by molar-refractivity contribution is 5.09. The molecule has 3 nitrogen and oxygen atoms in total. The molecule has 92 valence electrons. The molecular formula is C13H22O3. The molecule has 16 heavy (non-hydrogen) atoms. The Balaban J connectivity index is 1.92. The summed E-state index contributed by atoms with van der Waals surface area (Å²) in [4.78, 5) is 0. The van der Waals surface area contributed by atoms with Crippen LogP contribution in [0.25, 0.3) is 0 Å². The van der Waals surface area contributed by atoms with Crippen molar-refractivity contribution in [2.24, 2.45) is 5.92 Å². The topological polar surface area (TPSA) is 49.7 Å². The monoisotopic (exact) mass is 226 g/mol. The van der Waals surface area contributed by atoms with Crippen molar-refractivity contribution < 1.29 is 14.9 Å². The second kappa shape index (κ2) is 3.69. The van der Waals surface area contributed by atoms with Gasteiger partial charge in [-0.05, 0) is 38.5 Å². The van der Waals surface area contributed by atoms with Crippen LogP contribution >= 0.6 is 0 Å². The zero-order valence-corrected chi connectivity index (χ0v) is 9.82. The van der Waals surface area contributed by atoms with Crippen molar-refractivity contribution in [3.63, 3.8) is 0 Å². The third-order valence-corrected chi connectivity index (χ3v) is 5.17. The Labute approximate surface area is 96.8 Å². The molecule has 1 saturated carbocycles. The van der Waals surface area contributed by atoms with Gasteiger partial charge in [-0.1, -0.05) is 12.8 Å². The Morgan fingerprint density at radius 1 is 1.06 bits per heavy atom. The van der Waals surface area contributed by atoms with Crippen molar-refractivity contribution in [2.45, 2.75) is 68.7 Å². The molecular weight excluding hydrogens is 204 g/mol. The summed E-state index contributed by atoms with van der Waals surface area (Å²) in [6.45, 7) is 0.205. The largest absolute Gasteiger partial charge is 0.396 e. The van der Waals surface area contributed by atoms with Crippen molar-refractivity contribution in [3.8, 4) is 0 Å². The summed E-state index contributed by atoms with van der Waals surface area (Å²) in [5.41, 5.74) is -0.871. The predicted octanol–water partition coefficient (Wildman–Crippen LogP) is 1.61. The first-order chi connectivity index (χ1) is 7.69. The van der Waals surface area contributed by atoms with Gasteiger partial charge in [0.15, 0.2) is 0 Å². The Bertz CT molecular complexity index is 280. The van der Waals surface area contributed by atoms with E-state index in [1.54, 1.807) is 0 Å². The summed E-state index contributed by atoms with van der Waals surface area (Å²) in [6.07, 6.45) is 8.13. The number of aliphatic hydroxyl groups excluding tert-OH is 1. The minimum atomic E-state index is -0.607. The van der Waals surface area contributed by atoms with E-state index in [0.717, 1.165) is 44.9 Å². The van der Waals surface area contributed by atoms with E-state index < -0.39 is 5.60 Å². The summed E-state index contributed by atoms with van der Waals surface area (Å²) in [5.74, 6) is 0.244. The third-order valence-electron chi connectivity index (χ3n) is 5.17. The van der Waals surface area contributed by atoms with Crippen LogP contribution < -0.4 is 0 Å². The fourth-order valence-corrected chi connectivity index (χ4v) is 4.10. The molecule has 3 heteroatoms. The first-order valence-corrected chi connectivity index (χ1v) is 6.70. The molecule has 2 aliphatic heterocycles. The number of ether oxygens (including phenoxy) is 1. The van der Waals surface area contributed by atoms with Gasteiger partial charge in [0.25, 0.3) is 0 Å². The molecule has 2 bridgehead atoms. The van der Waals surface area contributed by atoms with Crippen LogP contribution in [0, 0.1) is 5.92 Å². The third kappa shape index (κ3) is 1.38. The van der Waals surface area contributed by atoms with E-state index in [0.29, 0.717) is 0 Å². The van der Waals surface area contributed by atoms with Crippen molar-refractivity contribution >= 4 is 0 Å². The average molecular weight is 226 g/mol. The molecule has 3 rings (SSSR count). The average Bonchev–Trinajstić information content (AvgIpc) is 2.64. The molecule has 0 aromatic rings. The lowest BCUT2D eigenvalue weighted by atomic mass is 9.67. The first kappa shape index (κ1) is 11.0. The van der Waals surface area contributed by atoms with Gasteiger partial charge in [0.1, 0.15) is 0 Å². The predicted molar refractivity (Wildman–Crippen MR) is 60.1 cm³/mol. The van der Waals surface area contributed by atoms with E-state index in [4.69, 9.17) is 4.74 Å². The highest BCUT2D eigenvalue weighted by atomic mass is 16.5. The molecule has 0 unspecified atom stereocenters. The lowest BCUT2D eigenvalue weighted by molar-refractivity contribution is -0.191. The van der Waals surface area contributed by atoms with Crippen molar-refractivity contribution in [3.05, 3.63) is 0 Å². The summed E-state index contributed by atoms with van der Waals surface area (Å²) >= 11 is 0. The molecule has 0 amide bonds. The van der Waals surface area contributed by atoms with Gasteiger partial charge in [0.2, 0.25) is 0 Å². The number of aliphatic hydroxyl groups is 2. The van der Waals surface area contributed by atoms with Crippen molar-refractivity contribution in [1.29, 1.82) is 0 Å². The Kier molecular flexibility index (Phi) is 2.54. The molecule has 1 aliphatic carbocycles. The fourth-order valence-electron chi connectivity index (χ4n) is 4.10. The highest BCUT2D eigenvalue weighted by Gasteiger charge is 2.58. The lowest BCUT2D eigenvalue weighted by Crippen LogP contribution is -2.55. The molecule has 1 spiro atoms. The minimum absolute atomic E-state index is 0.192. The minimum Gasteiger partial charge on any atom is -0.396 e. The molecule has 2 heterocycles. The van der Waals surface area contributed by atoms with Gasteiger partial charge in [0.05, 0.1) is 17.3 Å². The van der Waals surface area contributed by atoms with Crippen LogP contribution in [0.5, 0.6) is 0 Å². The summed E-state index contributed by atoms with van der Waals surface area (Å²) in [6, 6.07) is 0. The van der Waals surface area contributed by atoms with Gasteiger partial charge in [-0.3, -0.25) is 0 Å². The second-order valence-electron chi connectivity index (χ2n) is 5.91. The molecule has 3 aliphatic rings. The summed E-state index contributed by atoms with van der Waals surface area (Å²) < 4.78 is 6.21. The summed E-state index contributed by atoms with van der Waals surface area (Å²) in [5, 5.41) is 20.2. The Morgan fingerprint density at radius 2 is 1.88 bits per heavy atom. The van der Waals surface area contributed by atoms with Crippen LogP contribution in [-0.2, 0) is 4.74 Å². The van der Waals surface area contributed by atoms with Crippen molar-refractivity contribution in [2.75, 3.05) is 6.61 Å². The maximum atomic E-state index is 10.9. The van der Waals surface area contributed by atoms with Gasteiger partial charge >= 0.3 is 0 Å². The van der Waals surface area contributed by atoms with Gasteiger partial charge in [0, 0.05) is 12.5 Å². The lowest BCUT2D eigenvalue weighted by Gasteiger charge is -2.47. The zero-order chi connectivity index (χ0) is 11.2. The zero-order valence-electron chi connectivity index (χ0n) is 9.82. The van der Waals surface area contributed by atoms with E-state index in [2.05, 4.69) is 0 Å². The fraction of sp³-hybridized carbons (Fsp3) is 1.00. The maximum absolute atomic E-state index is 10.9. The Morgan fingerprint density at radius 3 is 2.69 bits per heavy atom. The maximum Gasteiger partial charge on any atom is 0.0972 e. The number of fused-ring (bicyclic) bond motifs is 1. The quantitative estimate of drug-likeness (QED) is 0.714. The molecule has 0 radical (unpaired) electrons. The van der Waals surface area contributed by atoms with E-state index in [9.17, 15) is 10.2 Å².